The summed E-state index contributed by atoms with van der Waals surface area (Å²) in [6, 6.07) is 98.3. The van der Waals surface area contributed by atoms with E-state index in [9.17, 15) is 0 Å². The van der Waals surface area contributed by atoms with Crippen molar-refractivity contribution in [2.24, 2.45) is 11.3 Å². The molecule has 0 amide bonds. The second-order valence-electron chi connectivity index (χ2n) is 22.0. The van der Waals surface area contributed by atoms with E-state index >= 15 is 0 Å². The molecule has 10 aromatic rings. The summed E-state index contributed by atoms with van der Waals surface area (Å²) < 4.78 is 0. The Hall–Kier alpha value is -9.04. The smallest absolute Gasteiger partial charge is 0.0713 e. The van der Waals surface area contributed by atoms with E-state index in [-0.39, 0.29) is 22.7 Å². The lowest BCUT2D eigenvalue weighted by Crippen LogP contribution is -2.44. The fraction of sp³-hybridized carbons (Fsp3) is 0.105. The van der Waals surface area contributed by atoms with E-state index in [1.807, 2.05) is 0 Å². The van der Waals surface area contributed by atoms with E-state index < -0.39 is 10.8 Å². The molecule has 0 spiro atoms. The van der Waals surface area contributed by atoms with Crippen molar-refractivity contribution < 1.29 is 0 Å². The minimum Gasteiger partial charge on any atom is -0.311 e. The molecule has 0 fully saturated rings. The summed E-state index contributed by atoms with van der Waals surface area (Å²) in [4.78, 5) is 2.50. The minimum absolute atomic E-state index is 0.231. The van der Waals surface area contributed by atoms with Gasteiger partial charge in [-0.2, -0.15) is 0 Å². The molecule has 0 N–H and O–H groups in total. The Balaban J connectivity index is 0.903. The fourth-order valence-corrected chi connectivity index (χ4v) is 15.4. The Morgan fingerprint density at radius 1 is 0.377 bits per heavy atom. The van der Waals surface area contributed by atoms with Crippen molar-refractivity contribution in [1.29, 1.82) is 0 Å². The van der Waals surface area contributed by atoms with Crippen LogP contribution in [0, 0.1) is 11.3 Å². The third-order valence-electron chi connectivity index (χ3n) is 18.5. The number of hydrogen-bond donors (Lipinski definition) is 0. The molecule has 0 saturated carbocycles. The van der Waals surface area contributed by atoms with Crippen LogP contribution >= 0.6 is 0 Å². The monoisotopic (exact) mass is 983 g/mol. The van der Waals surface area contributed by atoms with Gasteiger partial charge < -0.3 is 4.90 Å². The molecule has 1 nitrogen and oxygen atoms in total. The van der Waals surface area contributed by atoms with Crippen LogP contribution in [0.4, 0.5) is 11.4 Å². The highest BCUT2D eigenvalue weighted by molar-refractivity contribution is 5.87. The predicted octanol–water partition coefficient (Wildman–Crippen LogP) is 18.2. The Morgan fingerprint density at radius 2 is 0.792 bits per heavy atom. The molecule has 0 bridgehead atoms. The van der Waals surface area contributed by atoms with Crippen LogP contribution in [0.25, 0.3) is 22.3 Å². The van der Waals surface area contributed by atoms with Crippen molar-refractivity contribution >= 4 is 11.4 Å². The quantitative estimate of drug-likeness (QED) is 0.139. The SMILES string of the molecule is CC1(C2(c3ccccc3)c3ccccc3-c3ccccc32)C=CC(N(c2ccc(C3(c4ccccc4)c4ccccc4-c4ccccc43)cc2)c2ccc([C@]3(c4ccccc4)c4ccccc4C4C=CC=CC43)cc2)=CC1. The molecule has 77 heavy (non-hydrogen) atoms. The highest BCUT2D eigenvalue weighted by atomic mass is 15.1. The van der Waals surface area contributed by atoms with Crippen LogP contribution in [0.2, 0.25) is 0 Å². The van der Waals surface area contributed by atoms with Crippen LogP contribution in [0.15, 0.2) is 309 Å². The predicted molar refractivity (Wildman–Crippen MR) is 318 cm³/mol. The van der Waals surface area contributed by atoms with E-state index in [1.54, 1.807) is 0 Å². The Labute approximate surface area is 453 Å². The van der Waals surface area contributed by atoms with Gasteiger partial charge in [-0.1, -0.05) is 280 Å². The van der Waals surface area contributed by atoms with E-state index in [1.165, 1.54) is 83.5 Å². The Bertz CT molecular complexity index is 3940. The Kier molecular flexibility index (Phi) is 10.3. The first-order valence-corrected chi connectivity index (χ1v) is 27.5. The molecule has 366 valence electrons. The third kappa shape index (κ3) is 6.29. The first-order valence-electron chi connectivity index (χ1n) is 27.5. The summed E-state index contributed by atoms with van der Waals surface area (Å²) in [5.41, 5.74) is 21.7. The van der Waals surface area contributed by atoms with Crippen LogP contribution < -0.4 is 4.90 Å². The van der Waals surface area contributed by atoms with E-state index in [0.29, 0.717) is 0 Å². The number of nitrogens with zero attached hydrogens (tertiary/aromatic N) is 1. The topological polar surface area (TPSA) is 3.24 Å². The maximum atomic E-state index is 2.55. The van der Waals surface area contributed by atoms with Crippen LogP contribution in [-0.2, 0) is 16.2 Å². The van der Waals surface area contributed by atoms with E-state index in [4.69, 9.17) is 0 Å². The molecule has 1 heteroatoms. The van der Waals surface area contributed by atoms with Gasteiger partial charge in [-0.25, -0.2) is 0 Å². The summed E-state index contributed by atoms with van der Waals surface area (Å²) in [5.74, 6) is 0.517. The summed E-state index contributed by atoms with van der Waals surface area (Å²) in [6.45, 7) is 2.49. The van der Waals surface area contributed by atoms with Gasteiger partial charge in [0.25, 0.3) is 0 Å². The van der Waals surface area contributed by atoms with Gasteiger partial charge >= 0.3 is 0 Å². The molecule has 0 saturated heterocycles. The molecular weight excluding hydrogens is 927 g/mol. The lowest BCUT2D eigenvalue weighted by atomic mass is 9.54. The molecule has 0 aliphatic heterocycles. The molecule has 0 heterocycles. The van der Waals surface area contributed by atoms with Gasteiger partial charge in [0.05, 0.1) is 16.2 Å². The van der Waals surface area contributed by atoms with Gasteiger partial charge in [-0.15, -0.1) is 0 Å². The van der Waals surface area contributed by atoms with Gasteiger partial charge in [0.1, 0.15) is 0 Å². The zero-order valence-corrected chi connectivity index (χ0v) is 43.2. The van der Waals surface area contributed by atoms with E-state index in [0.717, 1.165) is 23.5 Å². The van der Waals surface area contributed by atoms with Crippen LogP contribution in [0.5, 0.6) is 0 Å². The third-order valence-corrected chi connectivity index (χ3v) is 18.5. The highest BCUT2D eigenvalue weighted by Crippen LogP contribution is 2.64. The van der Waals surface area contributed by atoms with E-state index in [2.05, 4.69) is 315 Å². The zero-order chi connectivity index (χ0) is 51.2. The van der Waals surface area contributed by atoms with Crippen molar-refractivity contribution in [3.05, 3.63) is 370 Å². The number of benzene rings is 10. The van der Waals surface area contributed by atoms with Gasteiger partial charge in [0.15, 0.2) is 0 Å². The maximum absolute atomic E-state index is 2.55. The molecule has 3 unspecified atom stereocenters. The zero-order valence-electron chi connectivity index (χ0n) is 43.2. The molecular formula is C76H57N. The average molecular weight is 984 g/mol. The van der Waals surface area contributed by atoms with Crippen LogP contribution in [0.3, 0.4) is 0 Å². The summed E-state index contributed by atoms with van der Waals surface area (Å²) in [5, 5.41) is 0. The van der Waals surface area contributed by atoms with Gasteiger partial charge in [0, 0.05) is 34.3 Å². The number of allylic oxidation sites excluding steroid dienone is 7. The summed E-state index contributed by atoms with van der Waals surface area (Å²) in [7, 11) is 0. The molecule has 5 aliphatic rings. The second kappa shape index (κ2) is 17.5. The minimum atomic E-state index is -0.491. The van der Waals surface area contributed by atoms with Crippen LogP contribution in [0.1, 0.15) is 80.5 Å². The van der Waals surface area contributed by atoms with Crippen LogP contribution in [-0.4, -0.2) is 0 Å². The maximum Gasteiger partial charge on any atom is 0.0713 e. The number of hydrogen-bond acceptors (Lipinski definition) is 1. The molecule has 0 aromatic heterocycles. The summed E-state index contributed by atoms with van der Waals surface area (Å²) in [6.07, 6.45) is 17.7. The summed E-state index contributed by atoms with van der Waals surface area (Å²) >= 11 is 0. The number of rotatable bonds is 9. The fourth-order valence-electron chi connectivity index (χ4n) is 15.4. The van der Waals surface area contributed by atoms with Gasteiger partial charge in [-0.05, 0) is 120 Å². The standard InChI is InChI=1S/C76H57N/c1-73(76(57-27-9-4-10-28-57)71-39-21-15-33-65(71)66-34-16-22-40-72(66)76)51-49-60(50-52-73)77(58-45-41-55(42-46-58)74(53-23-5-2-6-24-53)67-35-17-11-29-61(67)62-30-12-18-36-68(62)74)59-47-43-56(44-48-59)75(54-25-7-3-8-26-54)69-37-19-13-31-63(69)64-32-14-20-38-70(64)75/h2-51,61,67H,52H2,1H3/t61?,67?,73?,74-/m0/s1. The molecule has 5 aliphatic carbocycles. The first kappa shape index (κ1) is 45.4. The van der Waals surface area contributed by atoms with Gasteiger partial charge in [-0.3, -0.25) is 0 Å². The molecule has 0 radical (unpaired) electrons. The van der Waals surface area contributed by atoms with Crippen molar-refractivity contribution in [2.45, 2.75) is 35.5 Å². The highest BCUT2D eigenvalue weighted by Gasteiger charge is 2.56. The lowest BCUT2D eigenvalue weighted by Gasteiger charge is -2.48. The lowest BCUT2D eigenvalue weighted by molar-refractivity contribution is 0.292. The van der Waals surface area contributed by atoms with Gasteiger partial charge in [0.2, 0.25) is 0 Å². The molecule has 4 atom stereocenters. The normalized spacial score (nSPS) is 21.2. The average Bonchev–Trinajstić information content (AvgIpc) is 4.22. The largest absolute Gasteiger partial charge is 0.311 e. The molecule has 15 rings (SSSR count). The Morgan fingerprint density at radius 3 is 1.34 bits per heavy atom. The molecule has 10 aromatic carbocycles. The first-order chi connectivity index (χ1) is 38.1. The number of fused-ring (bicyclic) bond motifs is 9. The number of anilines is 2. The van der Waals surface area contributed by atoms with Crippen molar-refractivity contribution in [2.75, 3.05) is 4.90 Å². The second-order valence-corrected chi connectivity index (χ2v) is 22.0. The van der Waals surface area contributed by atoms with Crippen molar-refractivity contribution in [1.82, 2.24) is 0 Å². The van der Waals surface area contributed by atoms with Crippen molar-refractivity contribution in [3.63, 3.8) is 0 Å². The van der Waals surface area contributed by atoms with Crippen molar-refractivity contribution in [3.8, 4) is 22.3 Å².